The van der Waals surface area contributed by atoms with Crippen LogP contribution in [0, 0.1) is 6.92 Å². The molecule has 3 nitrogen and oxygen atoms in total. The molecule has 1 amide bonds. The fourth-order valence-electron chi connectivity index (χ4n) is 2.21. The van der Waals surface area contributed by atoms with Gasteiger partial charge in [0.05, 0.1) is 0 Å². The summed E-state index contributed by atoms with van der Waals surface area (Å²) in [5.74, 6) is 0.0636. The molecule has 0 heterocycles. The van der Waals surface area contributed by atoms with Gasteiger partial charge in [0.2, 0.25) is 5.91 Å². The van der Waals surface area contributed by atoms with Gasteiger partial charge in [0.15, 0.2) is 0 Å². The van der Waals surface area contributed by atoms with Crippen molar-refractivity contribution < 1.29 is 4.79 Å². The molecule has 92 valence electrons. The second kappa shape index (κ2) is 4.88. The van der Waals surface area contributed by atoms with Crippen molar-refractivity contribution >= 4 is 5.91 Å². The Morgan fingerprint density at radius 3 is 2.82 bits per heavy atom. The van der Waals surface area contributed by atoms with E-state index in [4.69, 9.17) is 5.73 Å². The highest BCUT2D eigenvalue weighted by molar-refractivity contribution is 5.77. The molecule has 0 aromatic heterocycles. The van der Waals surface area contributed by atoms with Gasteiger partial charge in [-0.25, -0.2) is 0 Å². The Labute approximate surface area is 102 Å². The topological polar surface area (TPSA) is 55.1 Å². The van der Waals surface area contributed by atoms with Gasteiger partial charge in [-0.2, -0.15) is 0 Å². The molecule has 0 unspecified atom stereocenters. The van der Waals surface area contributed by atoms with E-state index in [-0.39, 0.29) is 11.4 Å². The van der Waals surface area contributed by atoms with Gasteiger partial charge in [-0.05, 0) is 31.7 Å². The predicted octanol–water partition coefficient (Wildman–Crippen LogP) is 1.88. The summed E-state index contributed by atoms with van der Waals surface area (Å²) in [5, 5.41) is 2.93. The predicted molar refractivity (Wildman–Crippen MR) is 68.4 cm³/mol. The number of nitrogens with two attached hydrogens (primary N) is 1. The molecule has 0 spiro atoms. The van der Waals surface area contributed by atoms with Crippen LogP contribution in [-0.2, 0) is 11.3 Å². The first-order valence-electron chi connectivity index (χ1n) is 6.19. The lowest BCUT2D eigenvalue weighted by molar-refractivity contribution is -0.123. The van der Waals surface area contributed by atoms with E-state index in [9.17, 15) is 4.79 Å². The first-order valence-corrected chi connectivity index (χ1v) is 6.19. The van der Waals surface area contributed by atoms with Crippen LogP contribution in [0.1, 0.15) is 36.8 Å². The van der Waals surface area contributed by atoms with E-state index in [1.807, 2.05) is 12.1 Å². The van der Waals surface area contributed by atoms with Crippen molar-refractivity contribution in [2.45, 2.75) is 44.7 Å². The summed E-state index contributed by atoms with van der Waals surface area (Å²) in [4.78, 5) is 11.7. The molecule has 1 fully saturated rings. The molecular weight excluding hydrogens is 212 g/mol. The van der Waals surface area contributed by atoms with Crippen molar-refractivity contribution in [1.82, 2.24) is 5.32 Å². The van der Waals surface area contributed by atoms with E-state index in [1.54, 1.807) is 0 Å². The second-order valence-electron chi connectivity index (χ2n) is 5.16. The summed E-state index contributed by atoms with van der Waals surface area (Å²) in [6.45, 7) is 2.64. The molecule has 1 saturated carbocycles. The van der Waals surface area contributed by atoms with Crippen LogP contribution in [-0.4, -0.2) is 11.4 Å². The Bertz CT molecular complexity index is 410. The zero-order valence-electron chi connectivity index (χ0n) is 10.3. The van der Waals surface area contributed by atoms with Crippen LogP contribution in [0.5, 0.6) is 0 Å². The third kappa shape index (κ3) is 3.30. The van der Waals surface area contributed by atoms with Crippen LogP contribution >= 0.6 is 0 Å². The van der Waals surface area contributed by atoms with Crippen molar-refractivity contribution in [3.63, 3.8) is 0 Å². The van der Waals surface area contributed by atoms with E-state index >= 15 is 0 Å². The van der Waals surface area contributed by atoms with Gasteiger partial charge >= 0.3 is 0 Å². The number of aryl methyl sites for hydroxylation is 1. The molecule has 0 aliphatic heterocycles. The molecule has 0 bridgehead atoms. The fraction of sp³-hybridized carbons (Fsp3) is 0.500. The lowest BCUT2D eigenvalue weighted by Gasteiger charge is -2.37. The van der Waals surface area contributed by atoms with Crippen molar-refractivity contribution in [1.29, 1.82) is 0 Å². The Balaban J connectivity index is 1.80. The molecule has 1 aromatic carbocycles. The maximum atomic E-state index is 11.7. The average molecular weight is 232 g/mol. The quantitative estimate of drug-likeness (QED) is 0.832. The number of carbonyl (C=O) groups excluding carboxylic acids is 1. The molecule has 3 heteroatoms. The van der Waals surface area contributed by atoms with Crippen molar-refractivity contribution in [2.75, 3.05) is 0 Å². The Hall–Kier alpha value is -1.35. The molecule has 0 atom stereocenters. The minimum atomic E-state index is -0.226. The molecule has 3 N–H and O–H groups in total. The van der Waals surface area contributed by atoms with Gasteiger partial charge in [-0.3, -0.25) is 4.79 Å². The molecular formula is C14H20N2O. The number of benzene rings is 1. The van der Waals surface area contributed by atoms with Crippen molar-refractivity contribution in [3.05, 3.63) is 35.4 Å². The molecule has 0 radical (unpaired) electrons. The Kier molecular flexibility index (Phi) is 3.48. The van der Waals surface area contributed by atoms with Crippen LogP contribution < -0.4 is 11.1 Å². The summed E-state index contributed by atoms with van der Waals surface area (Å²) in [5.41, 5.74) is 8.16. The van der Waals surface area contributed by atoms with E-state index in [1.165, 1.54) is 5.56 Å². The number of carbonyl (C=O) groups is 1. The largest absolute Gasteiger partial charge is 0.352 e. The smallest absolute Gasteiger partial charge is 0.222 e. The SMILES string of the molecule is Cc1cccc(CNC(=O)CC2(N)CCC2)c1. The van der Waals surface area contributed by atoms with Gasteiger partial charge < -0.3 is 11.1 Å². The zero-order valence-corrected chi connectivity index (χ0v) is 10.3. The first kappa shape index (κ1) is 12.1. The summed E-state index contributed by atoms with van der Waals surface area (Å²) >= 11 is 0. The molecule has 17 heavy (non-hydrogen) atoms. The summed E-state index contributed by atoms with van der Waals surface area (Å²) in [6, 6.07) is 8.17. The van der Waals surface area contributed by atoms with Crippen LogP contribution in [0.15, 0.2) is 24.3 Å². The number of nitrogens with one attached hydrogen (secondary N) is 1. The van der Waals surface area contributed by atoms with Crippen LogP contribution in [0.2, 0.25) is 0 Å². The molecule has 0 saturated heterocycles. The highest BCUT2D eigenvalue weighted by Crippen LogP contribution is 2.31. The standard InChI is InChI=1S/C14H20N2O/c1-11-4-2-5-12(8-11)10-16-13(17)9-14(15)6-3-7-14/h2,4-5,8H,3,6-7,9-10,15H2,1H3,(H,16,17). The lowest BCUT2D eigenvalue weighted by Crippen LogP contribution is -2.49. The number of hydrogen-bond donors (Lipinski definition) is 2. The third-order valence-electron chi connectivity index (χ3n) is 3.43. The zero-order chi connectivity index (χ0) is 12.3. The third-order valence-corrected chi connectivity index (χ3v) is 3.43. The summed E-state index contributed by atoms with van der Waals surface area (Å²) in [6.07, 6.45) is 3.57. The highest BCUT2D eigenvalue weighted by Gasteiger charge is 2.34. The van der Waals surface area contributed by atoms with E-state index in [0.29, 0.717) is 13.0 Å². The molecule has 2 rings (SSSR count). The maximum absolute atomic E-state index is 11.7. The van der Waals surface area contributed by atoms with Crippen LogP contribution in [0.3, 0.4) is 0 Å². The monoisotopic (exact) mass is 232 g/mol. The Morgan fingerprint density at radius 2 is 2.24 bits per heavy atom. The maximum Gasteiger partial charge on any atom is 0.222 e. The minimum absolute atomic E-state index is 0.0636. The molecule has 1 aliphatic carbocycles. The van der Waals surface area contributed by atoms with Crippen molar-refractivity contribution in [3.8, 4) is 0 Å². The van der Waals surface area contributed by atoms with Gasteiger partial charge in [0.1, 0.15) is 0 Å². The molecule has 1 aliphatic rings. The van der Waals surface area contributed by atoms with Gasteiger partial charge in [-0.15, -0.1) is 0 Å². The minimum Gasteiger partial charge on any atom is -0.352 e. The van der Waals surface area contributed by atoms with Crippen LogP contribution in [0.4, 0.5) is 0 Å². The van der Waals surface area contributed by atoms with Crippen molar-refractivity contribution in [2.24, 2.45) is 5.73 Å². The van der Waals surface area contributed by atoms with Gasteiger partial charge in [0, 0.05) is 18.5 Å². The second-order valence-corrected chi connectivity index (χ2v) is 5.16. The van der Waals surface area contributed by atoms with E-state index in [2.05, 4.69) is 24.4 Å². The summed E-state index contributed by atoms with van der Waals surface area (Å²) < 4.78 is 0. The van der Waals surface area contributed by atoms with E-state index < -0.39 is 0 Å². The Morgan fingerprint density at radius 1 is 1.47 bits per heavy atom. The highest BCUT2D eigenvalue weighted by atomic mass is 16.1. The summed E-state index contributed by atoms with van der Waals surface area (Å²) in [7, 11) is 0. The first-order chi connectivity index (χ1) is 8.07. The van der Waals surface area contributed by atoms with E-state index in [0.717, 1.165) is 24.8 Å². The molecule has 1 aromatic rings. The van der Waals surface area contributed by atoms with Crippen LogP contribution in [0.25, 0.3) is 0 Å². The van der Waals surface area contributed by atoms with Gasteiger partial charge in [-0.1, -0.05) is 29.8 Å². The normalized spacial score (nSPS) is 17.3. The lowest BCUT2D eigenvalue weighted by atomic mass is 9.75. The number of hydrogen-bond acceptors (Lipinski definition) is 2. The van der Waals surface area contributed by atoms with Gasteiger partial charge in [0.25, 0.3) is 0 Å². The fourth-order valence-corrected chi connectivity index (χ4v) is 2.21. The number of amides is 1. The number of rotatable bonds is 4. The average Bonchev–Trinajstić information content (AvgIpc) is 2.24.